The zero-order chi connectivity index (χ0) is 13.9. The molecule has 2 aromatic heterocycles. The normalized spacial score (nSPS) is 18.3. The van der Waals surface area contributed by atoms with Crippen LogP contribution < -0.4 is 0 Å². The van der Waals surface area contributed by atoms with Gasteiger partial charge in [0.15, 0.2) is 5.82 Å². The summed E-state index contributed by atoms with van der Waals surface area (Å²) in [6.07, 6.45) is 6.15. The monoisotopic (exact) mass is 294 g/mol. The van der Waals surface area contributed by atoms with Crippen LogP contribution in [0.25, 0.3) is 0 Å². The Morgan fingerprint density at radius 1 is 1.30 bits per heavy atom. The van der Waals surface area contributed by atoms with E-state index in [0.717, 1.165) is 18.0 Å². The molecule has 2 aromatic rings. The van der Waals surface area contributed by atoms with E-state index in [1.165, 1.54) is 19.3 Å². The summed E-state index contributed by atoms with van der Waals surface area (Å²) in [5, 5.41) is 16.8. The van der Waals surface area contributed by atoms with Gasteiger partial charge in [0.2, 0.25) is 11.0 Å². The maximum Gasteiger partial charge on any atom is 0.239 e. The van der Waals surface area contributed by atoms with Crippen LogP contribution in [0.15, 0.2) is 9.68 Å². The first-order valence-corrected chi connectivity index (χ1v) is 7.86. The van der Waals surface area contributed by atoms with E-state index in [-0.39, 0.29) is 5.25 Å². The number of rotatable bonds is 4. The highest BCUT2D eigenvalue weighted by Gasteiger charge is 2.23. The summed E-state index contributed by atoms with van der Waals surface area (Å²) in [4.78, 5) is 4.26. The van der Waals surface area contributed by atoms with Crippen molar-refractivity contribution >= 4 is 11.8 Å². The number of hydrogen-bond donors (Lipinski definition) is 0. The smallest absolute Gasteiger partial charge is 0.239 e. The molecule has 8 heteroatoms. The van der Waals surface area contributed by atoms with Gasteiger partial charge < -0.3 is 4.52 Å². The van der Waals surface area contributed by atoms with Crippen LogP contribution in [0.3, 0.4) is 0 Å². The Balaban J connectivity index is 1.72. The number of tetrazole rings is 1. The molecular weight excluding hydrogens is 276 g/mol. The van der Waals surface area contributed by atoms with Gasteiger partial charge in [-0.05, 0) is 37.1 Å². The Morgan fingerprint density at radius 2 is 2.10 bits per heavy atom. The molecule has 0 aromatic carbocycles. The third-order valence-corrected chi connectivity index (χ3v) is 4.59. The first-order chi connectivity index (χ1) is 9.74. The Kier molecular flexibility index (Phi) is 4.00. The number of thioether (sulfide) groups is 1. The van der Waals surface area contributed by atoms with Crippen LogP contribution in [0.4, 0.5) is 0 Å². The summed E-state index contributed by atoms with van der Waals surface area (Å²) < 4.78 is 7.16. The number of aromatic nitrogens is 6. The molecule has 0 radical (unpaired) electrons. The van der Waals surface area contributed by atoms with Gasteiger partial charge in [-0.3, -0.25) is 0 Å². The SMILES string of the molecule is Cc1noc([C@H](C)Sc2nnnn2C2CCCCC2)n1. The fourth-order valence-corrected chi connectivity index (χ4v) is 3.39. The lowest BCUT2D eigenvalue weighted by atomic mass is 9.96. The summed E-state index contributed by atoms with van der Waals surface area (Å²) >= 11 is 1.57. The summed E-state index contributed by atoms with van der Waals surface area (Å²) in [5.41, 5.74) is 0. The summed E-state index contributed by atoms with van der Waals surface area (Å²) in [5.74, 6) is 1.27. The van der Waals surface area contributed by atoms with E-state index in [1.54, 1.807) is 11.8 Å². The average Bonchev–Trinajstić information content (AvgIpc) is 3.09. The standard InChI is InChI=1S/C12H18N6OS/c1-8(11-13-9(2)15-19-11)20-12-14-16-17-18(12)10-6-4-3-5-7-10/h8,10H,3-7H2,1-2H3/t8-/m0/s1. The fraction of sp³-hybridized carbons (Fsp3) is 0.750. The Morgan fingerprint density at radius 3 is 2.80 bits per heavy atom. The number of nitrogens with zero attached hydrogens (tertiary/aromatic N) is 6. The zero-order valence-corrected chi connectivity index (χ0v) is 12.5. The van der Waals surface area contributed by atoms with E-state index in [9.17, 15) is 0 Å². The molecule has 1 aliphatic rings. The quantitative estimate of drug-likeness (QED) is 0.802. The van der Waals surface area contributed by atoms with E-state index in [1.807, 2.05) is 18.5 Å². The molecule has 7 nitrogen and oxygen atoms in total. The molecule has 0 aliphatic heterocycles. The minimum atomic E-state index is 0.0459. The molecule has 108 valence electrons. The van der Waals surface area contributed by atoms with Gasteiger partial charge in [0.05, 0.1) is 11.3 Å². The van der Waals surface area contributed by atoms with Crippen molar-refractivity contribution in [2.75, 3.05) is 0 Å². The number of hydrogen-bond acceptors (Lipinski definition) is 7. The Labute approximate surface area is 121 Å². The molecular formula is C12H18N6OS. The Bertz CT molecular complexity index is 562. The van der Waals surface area contributed by atoms with Crippen LogP contribution in [-0.4, -0.2) is 30.3 Å². The minimum Gasteiger partial charge on any atom is -0.338 e. The molecule has 1 fully saturated rings. The molecule has 1 atom stereocenters. The van der Waals surface area contributed by atoms with Gasteiger partial charge in [0, 0.05) is 0 Å². The molecule has 1 saturated carbocycles. The second kappa shape index (κ2) is 5.90. The molecule has 0 unspecified atom stereocenters. The van der Waals surface area contributed by atoms with Gasteiger partial charge in [-0.2, -0.15) is 4.98 Å². The van der Waals surface area contributed by atoms with Gasteiger partial charge in [0.25, 0.3) is 0 Å². The first-order valence-electron chi connectivity index (χ1n) is 6.99. The lowest BCUT2D eigenvalue weighted by Crippen LogP contribution is -2.15. The van der Waals surface area contributed by atoms with Crippen molar-refractivity contribution in [1.29, 1.82) is 0 Å². The highest BCUT2D eigenvalue weighted by molar-refractivity contribution is 7.99. The van der Waals surface area contributed by atoms with Crippen molar-refractivity contribution < 1.29 is 4.52 Å². The summed E-state index contributed by atoms with van der Waals surface area (Å²) in [6, 6.07) is 0.429. The second-order valence-electron chi connectivity index (χ2n) is 5.14. The highest BCUT2D eigenvalue weighted by Crippen LogP contribution is 2.35. The van der Waals surface area contributed by atoms with Crippen LogP contribution in [0.5, 0.6) is 0 Å². The van der Waals surface area contributed by atoms with Crippen molar-refractivity contribution in [3.63, 3.8) is 0 Å². The van der Waals surface area contributed by atoms with Crippen LogP contribution in [0.1, 0.15) is 62.0 Å². The Hall–Kier alpha value is -1.44. The van der Waals surface area contributed by atoms with Crippen molar-refractivity contribution in [3.8, 4) is 0 Å². The first kappa shape index (κ1) is 13.5. The van der Waals surface area contributed by atoms with E-state index >= 15 is 0 Å². The molecule has 1 aliphatic carbocycles. The largest absolute Gasteiger partial charge is 0.338 e. The third kappa shape index (κ3) is 2.84. The van der Waals surface area contributed by atoms with E-state index in [0.29, 0.717) is 17.8 Å². The lowest BCUT2D eigenvalue weighted by molar-refractivity contribution is 0.307. The van der Waals surface area contributed by atoms with Gasteiger partial charge >= 0.3 is 0 Å². The molecule has 2 heterocycles. The van der Waals surface area contributed by atoms with Gasteiger partial charge in [0.1, 0.15) is 0 Å². The van der Waals surface area contributed by atoms with E-state index < -0.39 is 0 Å². The maximum absolute atomic E-state index is 5.20. The molecule has 0 N–H and O–H groups in total. The van der Waals surface area contributed by atoms with Crippen LogP contribution in [-0.2, 0) is 0 Å². The van der Waals surface area contributed by atoms with Gasteiger partial charge in [-0.1, -0.05) is 36.2 Å². The van der Waals surface area contributed by atoms with Crippen LogP contribution >= 0.6 is 11.8 Å². The fourth-order valence-electron chi connectivity index (χ4n) is 2.50. The van der Waals surface area contributed by atoms with Gasteiger partial charge in [-0.25, -0.2) is 4.68 Å². The summed E-state index contributed by atoms with van der Waals surface area (Å²) in [6.45, 7) is 3.84. The van der Waals surface area contributed by atoms with Crippen LogP contribution in [0.2, 0.25) is 0 Å². The van der Waals surface area contributed by atoms with Crippen molar-refractivity contribution in [2.45, 2.75) is 62.4 Å². The van der Waals surface area contributed by atoms with Gasteiger partial charge in [-0.15, -0.1) is 5.10 Å². The van der Waals surface area contributed by atoms with E-state index in [4.69, 9.17) is 4.52 Å². The number of aryl methyl sites for hydroxylation is 1. The van der Waals surface area contributed by atoms with Crippen molar-refractivity contribution in [3.05, 3.63) is 11.7 Å². The lowest BCUT2D eigenvalue weighted by Gasteiger charge is -2.22. The zero-order valence-electron chi connectivity index (χ0n) is 11.7. The average molecular weight is 294 g/mol. The topological polar surface area (TPSA) is 82.5 Å². The van der Waals surface area contributed by atoms with Crippen LogP contribution in [0, 0.1) is 6.92 Å². The molecule has 0 amide bonds. The predicted octanol–water partition coefficient (Wildman–Crippen LogP) is 2.72. The van der Waals surface area contributed by atoms with E-state index in [2.05, 4.69) is 25.7 Å². The summed E-state index contributed by atoms with van der Waals surface area (Å²) in [7, 11) is 0. The molecule has 0 bridgehead atoms. The van der Waals surface area contributed by atoms with Crippen molar-refractivity contribution in [1.82, 2.24) is 30.3 Å². The maximum atomic E-state index is 5.20. The molecule has 3 rings (SSSR count). The molecule has 0 saturated heterocycles. The highest BCUT2D eigenvalue weighted by atomic mass is 32.2. The molecule has 0 spiro atoms. The molecule has 20 heavy (non-hydrogen) atoms. The second-order valence-corrected chi connectivity index (χ2v) is 6.45. The third-order valence-electron chi connectivity index (χ3n) is 3.56. The van der Waals surface area contributed by atoms with Crippen molar-refractivity contribution in [2.24, 2.45) is 0 Å². The predicted molar refractivity (Wildman–Crippen MR) is 73.2 cm³/mol. The minimum absolute atomic E-state index is 0.0459.